The van der Waals surface area contributed by atoms with Crippen LogP contribution in [-0.4, -0.2) is 37.5 Å². The molecule has 2 aliphatic rings. The molecule has 0 saturated carbocycles. The topological polar surface area (TPSA) is 66.9 Å². The number of ether oxygens (including phenoxy) is 1. The second-order valence-corrected chi connectivity index (χ2v) is 7.24. The number of hydrogen-bond acceptors (Lipinski definition) is 4. The summed E-state index contributed by atoms with van der Waals surface area (Å²) in [5, 5.41) is 0. The van der Waals surface area contributed by atoms with Gasteiger partial charge in [0.15, 0.2) is 6.61 Å². The number of fused-ring (bicyclic) bond motifs is 1. The van der Waals surface area contributed by atoms with Crippen molar-refractivity contribution in [3.8, 4) is 0 Å². The van der Waals surface area contributed by atoms with Crippen molar-refractivity contribution >= 4 is 29.2 Å². The van der Waals surface area contributed by atoms with Crippen LogP contribution < -0.4 is 9.80 Å². The Morgan fingerprint density at radius 1 is 1.07 bits per heavy atom. The third kappa shape index (κ3) is 3.85. The van der Waals surface area contributed by atoms with Crippen molar-refractivity contribution in [2.45, 2.75) is 19.3 Å². The summed E-state index contributed by atoms with van der Waals surface area (Å²) >= 11 is 0. The second-order valence-electron chi connectivity index (χ2n) is 7.24. The van der Waals surface area contributed by atoms with Crippen LogP contribution in [0.15, 0.2) is 48.5 Å². The van der Waals surface area contributed by atoms with E-state index in [0.717, 1.165) is 24.1 Å². The Morgan fingerprint density at radius 2 is 1.79 bits per heavy atom. The first-order chi connectivity index (χ1) is 14.0. The first-order valence-corrected chi connectivity index (χ1v) is 9.64. The maximum Gasteiger partial charge on any atom is 0.311 e. The van der Waals surface area contributed by atoms with E-state index in [9.17, 15) is 18.8 Å². The number of para-hydroxylation sites is 2. The minimum atomic E-state index is -0.719. The van der Waals surface area contributed by atoms with E-state index in [0.29, 0.717) is 6.54 Å². The van der Waals surface area contributed by atoms with E-state index >= 15 is 0 Å². The summed E-state index contributed by atoms with van der Waals surface area (Å²) < 4.78 is 19.2. The third-order valence-electron chi connectivity index (χ3n) is 5.35. The molecule has 0 N–H and O–H groups in total. The van der Waals surface area contributed by atoms with Gasteiger partial charge < -0.3 is 14.5 Å². The first kappa shape index (κ1) is 19.1. The fourth-order valence-electron chi connectivity index (χ4n) is 3.89. The minimum absolute atomic E-state index is 0.0410. The Balaban J connectivity index is 1.37. The Hall–Kier alpha value is -3.22. The van der Waals surface area contributed by atoms with Crippen molar-refractivity contribution in [1.82, 2.24) is 0 Å². The van der Waals surface area contributed by atoms with Crippen LogP contribution in [0.2, 0.25) is 0 Å². The number of nitrogens with zero attached hydrogens (tertiary/aromatic N) is 2. The van der Waals surface area contributed by atoms with Gasteiger partial charge in [-0.15, -0.1) is 0 Å². The van der Waals surface area contributed by atoms with Gasteiger partial charge in [-0.05, 0) is 36.6 Å². The summed E-state index contributed by atoms with van der Waals surface area (Å²) in [7, 11) is 0. The second kappa shape index (κ2) is 8.03. The maximum absolute atomic E-state index is 14.0. The highest BCUT2D eigenvalue weighted by molar-refractivity contribution is 6.00. The summed E-state index contributed by atoms with van der Waals surface area (Å²) in [6, 6.07) is 13.6. The zero-order valence-corrected chi connectivity index (χ0v) is 15.8. The van der Waals surface area contributed by atoms with Crippen molar-refractivity contribution in [3.63, 3.8) is 0 Å². The number of carbonyl (C=O) groups is 3. The number of esters is 1. The van der Waals surface area contributed by atoms with E-state index in [-0.39, 0.29) is 37.1 Å². The lowest BCUT2D eigenvalue weighted by Crippen LogP contribution is -2.39. The molecule has 0 radical (unpaired) electrons. The van der Waals surface area contributed by atoms with Gasteiger partial charge in [-0.3, -0.25) is 14.4 Å². The van der Waals surface area contributed by atoms with Gasteiger partial charge in [-0.2, -0.15) is 0 Å². The quantitative estimate of drug-likeness (QED) is 0.746. The average molecular weight is 396 g/mol. The first-order valence-electron chi connectivity index (χ1n) is 9.64. The van der Waals surface area contributed by atoms with Gasteiger partial charge >= 0.3 is 5.97 Å². The van der Waals surface area contributed by atoms with Crippen LogP contribution in [0.4, 0.5) is 15.8 Å². The van der Waals surface area contributed by atoms with Crippen LogP contribution in [-0.2, 0) is 25.5 Å². The molecule has 0 aromatic heterocycles. The van der Waals surface area contributed by atoms with Gasteiger partial charge in [-0.25, -0.2) is 4.39 Å². The lowest BCUT2D eigenvalue weighted by atomic mass is 10.0. The van der Waals surface area contributed by atoms with Gasteiger partial charge in [-0.1, -0.05) is 30.3 Å². The minimum Gasteiger partial charge on any atom is -0.455 e. The predicted octanol–water partition coefficient (Wildman–Crippen LogP) is 2.70. The molecule has 2 aromatic carbocycles. The lowest BCUT2D eigenvalue weighted by Gasteiger charge is -2.29. The van der Waals surface area contributed by atoms with Crippen molar-refractivity contribution < 1.29 is 23.5 Å². The largest absolute Gasteiger partial charge is 0.455 e. The lowest BCUT2D eigenvalue weighted by molar-refractivity contribution is -0.151. The van der Waals surface area contributed by atoms with E-state index < -0.39 is 17.7 Å². The van der Waals surface area contributed by atoms with Gasteiger partial charge in [0, 0.05) is 25.2 Å². The van der Waals surface area contributed by atoms with E-state index in [1.165, 1.54) is 23.1 Å². The molecule has 2 aliphatic heterocycles. The highest BCUT2D eigenvalue weighted by Gasteiger charge is 2.37. The Kier molecular flexibility index (Phi) is 5.29. The summed E-state index contributed by atoms with van der Waals surface area (Å²) in [5.74, 6) is -2.48. The molecule has 1 fully saturated rings. The van der Waals surface area contributed by atoms with Crippen molar-refractivity contribution in [2.75, 3.05) is 29.5 Å². The Bertz CT molecular complexity index is 961. The summed E-state index contributed by atoms with van der Waals surface area (Å²) in [6.45, 7) is 0.243. The van der Waals surface area contributed by atoms with E-state index in [1.807, 2.05) is 24.3 Å². The molecule has 2 amide bonds. The molecular weight excluding hydrogens is 375 g/mol. The molecule has 2 heterocycles. The summed E-state index contributed by atoms with van der Waals surface area (Å²) in [5.41, 5.74) is 2.09. The average Bonchev–Trinajstić information content (AvgIpc) is 3.13. The number of amides is 2. The zero-order valence-electron chi connectivity index (χ0n) is 15.8. The van der Waals surface area contributed by atoms with Crippen LogP contribution in [0.3, 0.4) is 0 Å². The summed E-state index contributed by atoms with van der Waals surface area (Å²) in [4.78, 5) is 40.1. The molecule has 4 rings (SSSR count). The Morgan fingerprint density at radius 3 is 2.59 bits per heavy atom. The number of aryl methyl sites for hydroxylation is 1. The molecule has 1 atom stereocenters. The monoisotopic (exact) mass is 396 g/mol. The van der Waals surface area contributed by atoms with Crippen LogP contribution >= 0.6 is 0 Å². The van der Waals surface area contributed by atoms with Crippen molar-refractivity contribution in [1.29, 1.82) is 0 Å². The van der Waals surface area contributed by atoms with Crippen molar-refractivity contribution in [3.05, 3.63) is 59.9 Å². The van der Waals surface area contributed by atoms with E-state index in [4.69, 9.17) is 4.74 Å². The normalized spacial score (nSPS) is 18.5. The molecule has 0 unspecified atom stereocenters. The SMILES string of the molecule is O=C(OCC(=O)N1CCCc2ccccc21)[C@H]1CC(=O)N(c2ccccc2F)C1. The molecular formula is C22H21FN2O4. The summed E-state index contributed by atoms with van der Waals surface area (Å²) in [6.07, 6.45) is 1.70. The number of carbonyl (C=O) groups excluding carboxylic acids is 3. The molecule has 0 aliphatic carbocycles. The Labute approximate surface area is 167 Å². The fraction of sp³-hybridized carbons (Fsp3) is 0.318. The van der Waals surface area contributed by atoms with E-state index in [1.54, 1.807) is 11.0 Å². The van der Waals surface area contributed by atoms with Crippen LogP contribution in [0.25, 0.3) is 0 Å². The van der Waals surface area contributed by atoms with Gasteiger partial charge in [0.1, 0.15) is 5.82 Å². The molecule has 29 heavy (non-hydrogen) atoms. The highest BCUT2D eigenvalue weighted by Crippen LogP contribution is 2.29. The van der Waals surface area contributed by atoms with E-state index in [2.05, 4.69) is 0 Å². The molecule has 6 nitrogen and oxygen atoms in total. The number of halogens is 1. The molecule has 150 valence electrons. The highest BCUT2D eigenvalue weighted by atomic mass is 19.1. The van der Waals surface area contributed by atoms with Crippen molar-refractivity contribution in [2.24, 2.45) is 5.92 Å². The van der Waals surface area contributed by atoms with Crippen LogP contribution in [0.5, 0.6) is 0 Å². The predicted molar refractivity (Wildman–Crippen MR) is 105 cm³/mol. The smallest absolute Gasteiger partial charge is 0.311 e. The molecule has 0 spiro atoms. The number of anilines is 2. The van der Waals surface area contributed by atoms with Crippen LogP contribution in [0.1, 0.15) is 18.4 Å². The van der Waals surface area contributed by atoms with Gasteiger partial charge in [0.25, 0.3) is 5.91 Å². The third-order valence-corrected chi connectivity index (χ3v) is 5.35. The van der Waals surface area contributed by atoms with Crippen LogP contribution in [0, 0.1) is 11.7 Å². The maximum atomic E-state index is 14.0. The zero-order chi connectivity index (χ0) is 20.4. The molecule has 7 heteroatoms. The van der Waals surface area contributed by atoms with Gasteiger partial charge in [0.2, 0.25) is 5.91 Å². The molecule has 1 saturated heterocycles. The number of benzene rings is 2. The van der Waals surface area contributed by atoms with Gasteiger partial charge in [0.05, 0.1) is 11.6 Å². The standard InChI is InChI=1S/C22H21FN2O4/c23-17-8-2-4-10-19(17)25-13-16(12-20(25)26)22(28)29-14-21(27)24-11-5-7-15-6-1-3-9-18(15)24/h1-4,6,8-10,16H,5,7,11-14H2/t16-/m0/s1. The molecule has 0 bridgehead atoms. The molecule has 2 aromatic rings. The number of rotatable bonds is 4. The number of hydrogen-bond donors (Lipinski definition) is 0. The fourth-order valence-corrected chi connectivity index (χ4v) is 3.89.